The highest BCUT2D eigenvalue weighted by Gasteiger charge is 2.06. The Balaban J connectivity index is 0.000000227. The third-order valence-electron chi connectivity index (χ3n) is 3.15. The number of hydrogen-bond acceptors (Lipinski definition) is 1. The maximum atomic E-state index is 5.63. The Bertz CT molecular complexity index is 90.4. The monoisotopic (exact) mass is 213 g/mol. The van der Waals surface area contributed by atoms with Gasteiger partial charge in [-0.25, -0.2) is 0 Å². The van der Waals surface area contributed by atoms with Crippen LogP contribution >= 0.6 is 0 Å². The van der Waals surface area contributed by atoms with Gasteiger partial charge in [0.05, 0.1) is 0 Å². The Morgan fingerprint density at radius 2 is 0.867 bits per heavy atom. The van der Waals surface area contributed by atoms with Gasteiger partial charge in [-0.1, -0.05) is 71.6 Å². The van der Waals surface area contributed by atoms with Gasteiger partial charge in [0.25, 0.3) is 0 Å². The average molecular weight is 213 g/mol. The zero-order valence-electron chi connectivity index (χ0n) is 10.9. The zero-order chi connectivity index (χ0) is 11.4. The predicted octanol–water partition coefficient (Wildman–Crippen LogP) is 4.64. The topological polar surface area (TPSA) is 26.0 Å². The van der Waals surface area contributed by atoms with Gasteiger partial charge >= 0.3 is 0 Å². The summed E-state index contributed by atoms with van der Waals surface area (Å²) in [7, 11) is 0. The minimum atomic E-state index is 0.536. The van der Waals surface area contributed by atoms with Gasteiger partial charge in [-0.05, 0) is 12.8 Å². The molecule has 0 spiro atoms. The molecule has 1 nitrogen and oxygen atoms in total. The molecule has 0 bridgehead atoms. The molecular weight excluding hydrogens is 182 g/mol. The van der Waals surface area contributed by atoms with Crippen LogP contribution in [0.25, 0.3) is 0 Å². The van der Waals surface area contributed by atoms with Crippen LogP contribution in [-0.4, -0.2) is 6.04 Å². The van der Waals surface area contributed by atoms with Crippen LogP contribution < -0.4 is 5.73 Å². The van der Waals surface area contributed by atoms with Crippen molar-refractivity contribution in [1.82, 2.24) is 0 Å². The van der Waals surface area contributed by atoms with Gasteiger partial charge in [0.2, 0.25) is 0 Å². The first-order chi connectivity index (χ1) is 7.39. The minimum Gasteiger partial charge on any atom is -0.328 e. The zero-order valence-corrected chi connectivity index (χ0v) is 10.9. The SMILES string of the molecule is C1CCCCC1.CC.NC1CCCCC1. The van der Waals surface area contributed by atoms with E-state index in [1.54, 1.807) is 0 Å². The molecule has 92 valence electrons. The highest BCUT2D eigenvalue weighted by atomic mass is 14.6. The van der Waals surface area contributed by atoms with Gasteiger partial charge in [0, 0.05) is 6.04 Å². The van der Waals surface area contributed by atoms with Gasteiger partial charge in [0.15, 0.2) is 0 Å². The molecule has 2 fully saturated rings. The molecule has 2 aliphatic carbocycles. The first kappa shape index (κ1) is 15.0. The van der Waals surface area contributed by atoms with Crippen molar-refractivity contribution >= 4 is 0 Å². The van der Waals surface area contributed by atoms with E-state index in [4.69, 9.17) is 5.73 Å². The molecule has 0 radical (unpaired) electrons. The van der Waals surface area contributed by atoms with Crippen molar-refractivity contribution in [3.8, 4) is 0 Å². The van der Waals surface area contributed by atoms with E-state index in [9.17, 15) is 0 Å². The summed E-state index contributed by atoms with van der Waals surface area (Å²) in [6.45, 7) is 4.00. The Hall–Kier alpha value is -0.0400. The molecule has 0 heterocycles. The van der Waals surface area contributed by atoms with E-state index in [2.05, 4.69) is 0 Å². The van der Waals surface area contributed by atoms with E-state index >= 15 is 0 Å². The molecule has 2 aliphatic rings. The normalized spacial score (nSPS) is 21.8. The molecule has 0 aromatic heterocycles. The van der Waals surface area contributed by atoms with Gasteiger partial charge < -0.3 is 5.73 Å². The maximum Gasteiger partial charge on any atom is 0.00388 e. The Labute approximate surface area is 96.8 Å². The van der Waals surface area contributed by atoms with E-state index in [1.165, 1.54) is 70.6 Å². The molecule has 15 heavy (non-hydrogen) atoms. The second-order valence-corrected chi connectivity index (χ2v) is 4.52. The molecule has 0 atom stereocenters. The van der Waals surface area contributed by atoms with Crippen LogP contribution in [0, 0.1) is 0 Å². The van der Waals surface area contributed by atoms with E-state index < -0.39 is 0 Å². The highest BCUT2D eigenvalue weighted by Crippen LogP contribution is 2.15. The van der Waals surface area contributed by atoms with Gasteiger partial charge in [-0.3, -0.25) is 0 Å². The van der Waals surface area contributed by atoms with E-state index in [1.807, 2.05) is 13.8 Å². The first-order valence-corrected chi connectivity index (χ1v) is 7.15. The molecule has 2 saturated carbocycles. The minimum absolute atomic E-state index is 0.536. The van der Waals surface area contributed by atoms with Crippen LogP contribution in [0.3, 0.4) is 0 Å². The van der Waals surface area contributed by atoms with Gasteiger partial charge in [0.1, 0.15) is 0 Å². The quantitative estimate of drug-likeness (QED) is 0.623. The number of hydrogen-bond donors (Lipinski definition) is 1. The molecule has 2 rings (SSSR count). The van der Waals surface area contributed by atoms with Crippen LogP contribution in [0.1, 0.15) is 84.5 Å². The molecule has 2 N–H and O–H groups in total. The Morgan fingerprint density at radius 3 is 1.07 bits per heavy atom. The summed E-state index contributed by atoms with van der Waals surface area (Å²) in [6.07, 6.45) is 15.7. The molecule has 0 saturated heterocycles. The van der Waals surface area contributed by atoms with E-state index in [0.717, 1.165) is 0 Å². The molecule has 0 aromatic carbocycles. The van der Waals surface area contributed by atoms with Crippen molar-refractivity contribution in [3.05, 3.63) is 0 Å². The van der Waals surface area contributed by atoms with E-state index in [-0.39, 0.29) is 0 Å². The fraction of sp³-hybridized carbons (Fsp3) is 1.00. The first-order valence-electron chi connectivity index (χ1n) is 7.15. The summed E-state index contributed by atoms with van der Waals surface area (Å²) in [5.74, 6) is 0. The Morgan fingerprint density at radius 1 is 0.600 bits per heavy atom. The molecule has 0 aliphatic heterocycles. The Kier molecular flexibility index (Phi) is 12.0. The van der Waals surface area contributed by atoms with Crippen LogP contribution in [0.15, 0.2) is 0 Å². The average Bonchev–Trinajstić information content (AvgIpc) is 2.36. The second-order valence-electron chi connectivity index (χ2n) is 4.52. The fourth-order valence-electron chi connectivity index (χ4n) is 2.19. The summed E-state index contributed by atoms with van der Waals surface area (Å²) in [5.41, 5.74) is 5.63. The molecule has 0 aromatic rings. The lowest BCUT2D eigenvalue weighted by Gasteiger charge is -2.15. The van der Waals surface area contributed by atoms with Crippen LogP contribution in [0.5, 0.6) is 0 Å². The van der Waals surface area contributed by atoms with Crippen LogP contribution in [0.4, 0.5) is 0 Å². The molecule has 0 amide bonds. The van der Waals surface area contributed by atoms with Crippen molar-refractivity contribution in [1.29, 1.82) is 0 Å². The van der Waals surface area contributed by atoms with Crippen LogP contribution in [-0.2, 0) is 0 Å². The lowest BCUT2D eigenvalue weighted by molar-refractivity contribution is 0.441. The van der Waals surface area contributed by atoms with Crippen molar-refractivity contribution < 1.29 is 0 Å². The summed E-state index contributed by atoms with van der Waals surface area (Å²) >= 11 is 0. The standard InChI is InChI=1S/C6H13N.C6H12.C2H6/c7-6-4-2-1-3-5-6;1-2-4-6-5-3-1;1-2/h6H,1-5,7H2;1-6H2;1-2H3. The van der Waals surface area contributed by atoms with Crippen molar-refractivity contribution in [3.63, 3.8) is 0 Å². The fourth-order valence-corrected chi connectivity index (χ4v) is 2.19. The largest absolute Gasteiger partial charge is 0.328 e. The third-order valence-corrected chi connectivity index (χ3v) is 3.15. The van der Waals surface area contributed by atoms with Crippen LogP contribution in [0.2, 0.25) is 0 Å². The van der Waals surface area contributed by atoms with E-state index in [0.29, 0.717) is 6.04 Å². The second kappa shape index (κ2) is 12.0. The highest BCUT2D eigenvalue weighted by molar-refractivity contribution is 4.66. The third kappa shape index (κ3) is 10.2. The van der Waals surface area contributed by atoms with Crippen molar-refractivity contribution in [2.24, 2.45) is 5.73 Å². The summed E-state index contributed by atoms with van der Waals surface area (Å²) in [4.78, 5) is 0. The van der Waals surface area contributed by atoms with Gasteiger partial charge in [-0.15, -0.1) is 0 Å². The maximum absolute atomic E-state index is 5.63. The summed E-state index contributed by atoms with van der Waals surface area (Å²) in [5, 5.41) is 0. The summed E-state index contributed by atoms with van der Waals surface area (Å²) in [6, 6.07) is 0.536. The lowest BCUT2D eigenvalue weighted by Crippen LogP contribution is -2.22. The van der Waals surface area contributed by atoms with Crippen molar-refractivity contribution in [2.45, 2.75) is 90.5 Å². The molecule has 0 unspecified atom stereocenters. The van der Waals surface area contributed by atoms with Gasteiger partial charge in [-0.2, -0.15) is 0 Å². The predicted molar refractivity (Wildman–Crippen MR) is 70.1 cm³/mol. The van der Waals surface area contributed by atoms with Crippen molar-refractivity contribution in [2.75, 3.05) is 0 Å². The summed E-state index contributed by atoms with van der Waals surface area (Å²) < 4.78 is 0. The number of nitrogens with two attached hydrogens (primary N) is 1. The number of rotatable bonds is 0. The lowest BCUT2D eigenvalue weighted by atomic mass is 9.97. The molecule has 1 heteroatoms. The molecular formula is C14H31N. The smallest absolute Gasteiger partial charge is 0.00388 e.